The number of sulfonamides is 1. The lowest BCUT2D eigenvalue weighted by atomic mass is 9.47. The molecule has 228 valence electrons. The molecule has 0 spiro atoms. The Kier molecular flexibility index (Phi) is 6.82. The van der Waals surface area contributed by atoms with E-state index in [2.05, 4.69) is 10.3 Å². The van der Waals surface area contributed by atoms with E-state index in [1.54, 1.807) is 23.5 Å². The number of carbonyl (C=O) groups is 1. The van der Waals surface area contributed by atoms with Gasteiger partial charge in [0.05, 0.1) is 10.6 Å². The van der Waals surface area contributed by atoms with Crippen molar-refractivity contribution < 1.29 is 26.4 Å². The number of piperidine rings is 1. The fraction of sp³-hybridized carbons (Fsp3) is 0.645. The smallest absolute Gasteiger partial charge is 0.302 e. The Bertz CT molecular complexity index is 1450. The van der Waals surface area contributed by atoms with Crippen LogP contribution in [0.15, 0.2) is 41.3 Å². The molecule has 4 bridgehead atoms. The van der Waals surface area contributed by atoms with Gasteiger partial charge in [-0.25, -0.2) is 13.4 Å². The van der Waals surface area contributed by atoms with Crippen LogP contribution in [0.25, 0.3) is 10.8 Å². The molecule has 5 fully saturated rings. The second-order valence-electron chi connectivity index (χ2n) is 13.8. The van der Waals surface area contributed by atoms with Gasteiger partial charge in [-0.15, -0.1) is 0 Å². The number of alkyl halides is 3. The number of rotatable bonds is 7. The summed E-state index contributed by atoms with van der Waals surface area (Å²) in [6.07, 6.45) is 3.43. The average molecular weight is 605 g/mol. The van der Waals surface area contributed by atoms with E-state index in [9.17, 15) is 26.4 Å². The Hall–Kier alpha value is -2.37. The van der Waals surface area contributed by atoms with Gasteiger partial charge in [-0.3, -0.25) is 14.5 Å². The van der Waals surface area contributed by atoms with Crippen molar-refractivity contribution in [3.8, 4) is 0 Å². The molecule has 6 aliphatic rings. The molecule has 2 aliphatic heterocycles. The number of likely N-dealkylation sites (N-methyl/N-ethyl adjacent to an activating group) is 1. The number of hydrogen-bond acceptors (Lipinski definition) is 5. The van der Waals surface area contributed by atoms with Gasteiger partial charge in [0.1, 0.15) is 0 Å². The van der Waals surface area contributed by atoms with Crippen molar-refractivity contribution in [1.29, 1.82) is 0 Å². The van der Waals surface area contributed by atoms with Crippen LogP contribution >= 0.6 is 0 Å². The molecule has 2 aromatic rings. The Morgan fingerprint density at radius 2 is 1.62 bits per heavy atom. The highest BCUT2D eigenvalue weighted by Crippen LogP contribution is 2.62. The molecule has 1 saturated heterocycles. The SMILES string of the molecule is CN(NC(=O)C(F)(F)F)C(CN1CCC(CN2c3cccc4cccc(c34)S2(=O)=O)CC1)C12CC3CC(CC(C3)C1)C2. The highest BCUT2D eigenvalue weighted by atomic mass is 32.2. The fourth-order valence-corrected chi connectivity index (χ4v) is 11.4. The quantitative estimate of drug-likeness (QED) is 0.442. The van der Waals surface area contributed by atoms with E-state index < -0.39 is 22.1 Å². The third-order valence-corrected chi connectivity index (χ3v) is 12.9. The fourth-order valence-electron chi connectivity index (χ4n) is 9.60. The number of hydrogen-bond donors (Lipinski definition) is 1. The molecular formula is C31H39F3N4O3S. The van der Waals surface area contributed by atoms with Gasteiger partial charge in [0, 0.05) is 31.6 Å². The summed E-state index contributed by atoms with van der Waals surface area (Å²) in [7, 11) is -2.00. The summed E-state index contributed by atoms with van der Waals surface area (Å²) in [6.45, 7) is 2.52. The van der Waals surface area contributed by atoms with E-state index in [-0.39, 0.29) is 17.4 Å². The van der Waals surface area contributed by atoms with Crippen molar-refractivity contribution in [3.63, 3.8) is 0 Å². The first-order chi connectivity index (χ1) is 19.9. The molecule has 1 atom stereocenters. The molecule has 8 rings (SSSR count). The first kappa shape index (κ1) is 28.4. The minimum absolute atomic E-state index is 0.0900. The molecule has 4 saturated carbocycles. The number of hydrazine groups is 1. The molecule has 0 radical (unpaired) electrons. The summed E-state index contributed by atoms with van der Waals surface area (Å²) in [5.41, 5.74) is 2.84. The van der Waals surface area contributed by atoms with Crippen LogP contribution in [-0.4, -0.2) is 69.7 Å². The van der Waals surface area contributed by atoms with Crippen LogP contribution in [0.1, 0.15) is 51.4 Å². The molecular weight excluding hydrogens is 565 g/mol. The largest absolute Gasteiger partial charge is 0.472 e. The summed E-state index contributed by atoms with van der Waals surface area (Å²) >= 11 is 0. The summed E-state index contributed by atoms with van der Waals surface area (Å²) in [4.78, 5) is 14.7. The van der Waals surface area contributed by atoms with Gasteiger partial charge in [-0.1, -0.05) is 24.3 Å². The third kappa shape index (κ3) is 4.79. The Morgan fingerprint density at radius 1 is 1.02 bits per heavy atom. The maximum atomic E-state index is 13.5. The van der Waals surface area contributed by atoms with Crippen LogP contribution in [0.4, 0.5) is 18.9 Å². The van der Waals surface area contributed by atoms with Gasteiger partial charge >= 0.3 is 12.1 Å². The molecule has 1 unspecified atom stereocenters. The molecule has 0 aromatic heterocycles. The maximum Gasteiger partial charge on any atom is 0.472 e. The Labute approximate surface area is 245 Å². The number of halogens is 3. The molecule has 1 N–H and O–H groups in total. The molecule has 2 heterocycles. The van der Waals surface area contributed by atoms with Crippen LogP contribution < -0.4 is 9.73 Å². The second kappa shape index (κ2) is 10.1. The van der Waals surface area contributed by atoms with E-state index in [0.29, 0.717) is 35.7 Å². The van der Waals surface area contributed by atoms with Crippen molar-refractivity contribution in [2.75, 3.05) is 37.5 Å². The van der Waals surface area contributed by atoms with Crippen molar-refractivity contribution >= 4 is 32.4 Å². The summed E-state index contributed by atoms with van der Waals surface area (Å²) in [6, 6.07) is 10.9. The molecule has 4 aliphatic carbocycles. The minimum atomic E-state index is -4.93. The lowest BCUT2D eigenvalue weighted by Gasteiger charge is -2.61. The average Bonchev–Trinajstić information content (AvgIpc) is 3.14. The highest BCUT2D eigenvalue weighted by molar-refractivity contribution is 7.93. The van der Waals surface area contributed by atoms with Gasteiger partial charge in [0.2, 0.25) is 0 Å². The van der Waals surface area contributed by atoms with Gasteiger partial charge in [0.15, 0.2) is 0 Å². The number of likely N-dealkylation sites (tertiary alicyclic amines) is 1. The first-order valence-electron chi connectivity index (χ1n) is 15.3. The molecule has 1 amide bonds. The third-order valence-electron chi connectivity index (χ3n) is 11.0. The van der Waals surface area contributed by atoms with E-state index >= 15 is 0 Å². The van der Waals surface area contributed by atoms with Gasteiger partial charge in [0.25, 0.3) is 10.0 Å². The van der Waals surface area contributed by atoms with Gasteiger partial charge in [-0.2, -0.15) is 13.2 Å². The summed E-state index contributed by atoms with van der Waals surface area (Å²) in [5.74, 6) is 0.161. The highest BCUT2D eigenvalue weighted by Gasteiger charge is 2.56. The van der Waals surface area contributed by atoms with Crippen LogP contribution in [-0.2, 0) is 14.8 Å². The number of nitrogens with one attached hydrogen (secondary N) is 1. The van der Waals surface area contributed by atoms with Gasteiger partial charge in [-0.05, 0) is 111 Å². The number of nitrogens with zero attached hydrogens (tertiary/aromatic N) is 3. The zero-order valence-electron chi connectivity index (χ0n) is 23.9. The second-order valence-corrected chi connectivity index (χ2v) is 15.6. The number of anilines is 1. The topological polar surface area (TPSA) is 73.0 Å². The van der Waals surface area contributed by atoms with Crippen LogP contribution in [0, 0.1) is 29.1 Å². The van der Waals surface area contributed by atoms with Crippen molar-refractivity contribution in [3.05, 3.63) is 36.4 Å². The van der Waals surface area contributed by atoms with Gasteiger partial charge < -0.3 is 4.90 Å². The molecule has 2 aromatic carbocycles. The monoisotopic (exact) mass is 604 g/mol. The number of benzene rings is 2. The normalized spacial score (nSPS) is 31.3. The standard InChI is InChI=1S/C31H39F3N4O3S/c1-36(35-29(39)31(32,33)34)27(30-15-21-12-22(16-30)14-23(13-21)17-30)19-37-10-8-20(9-11-37)18-38-25-6-2-4-24-5-3-7-26(28(24)25)42(38,40)41/h2-7,20-23,27H,8-19H2,1H3,(H,35,39). The van der Waals surface area contributed by atoms with Crippen LogP contribution in [0.2, 0.25) is 0 Å². The van der Waals surface area contributed by atoms with E-state index in [4.69, 9.17) is 0 Å². The number of amides is 1. The zero-order valence-corrected chi connectivity index (χ0v) is 24.8. The maximum absolute atomic E-state index is 13.5. The van der Waals surface area contributed by atoms with E-state index in [0.717, 1.165) is 61.7 Å². The van der Waals surface area contributed by atoms with Crippen molar-refractivity contribution in [2.24, 2.45) is 29.1 Å². The van der Waals surface area contributed by atoms with Crippen LogP contribution in [0.3, 0.4) is 0 Å². The first-order valence-corrected chi connectivity index (χ1v) is 16.7. The molecule has 7 nitrogen and oxygen atoms in total. The van der Waals surface area contributed by atoms with Crippen molar-refractivity contribution in [2.45, 2.75) is 68.5 Å². The Morgan fingerprint density at radius 3 is 2.21 bits per heavy atom. The predicted octanol–water partition coefficient (Wildman–Crippen LogP) is 5.17. The lowest BCUT2D eigenvalue weighted by molar-refractivity contribution is -0.183. The summed E-state index contributed by atoms with van der Waals surface area (Å²) in [5, 5.41) is 3.19. The van der Waals surface area contributed by atoms with Crippen molar-refractivity contribution in [1.82, 2.24) is 15.3 Å². The predicted molar refractivity (Wildman–Crippen MR) is 154 cm³/mol. The number of carbonyl (C=O) groups excluding carboxylic acids is 1. The Balaban J connectivity index is 1.05. The minimum Gasteiger partial charge on any atom is -0.302 e. The zero-order chi connectivity index (χ0) is 29.4. The molecule has 11 heteroatoms. The van der Waals surface area contributed by atoms with E-state index in [1.165, 1.54) is 24.3 Å². The molecule has 42 heavy (non-hydrogen) atoms. The lowest BCUT2D eigenvalue weighted by Crippen LogP contribution is -2.63. The summed E-state index contributed by atoms with van der Waals surface area (Å²) < 4.78 is 68.2. The van der Waals surface area contributed by atoms with Crippen LogP contribution in [0.5, 0.6) is 0 Å². The van der Waals surface area contributed by atoms with E-state index in [1.807, 2.05) is 24.3 Å².